The molecule has 0 radical (unpaired) electrons. The Morgan fingerprint density at radius 2 is 2.32 bits per heavy atom. The maximum absolute atomic E-state index is 12.4. The Hall–Kier alpha value is -2.87. The molecular formula is C20H23N5O3. The number of fused-ring (bicyclic) bond motifs is 2. The summed E-state index contributed by atoms with van der Waals surface area (Å²) in [6, 6.07) is 6.67. The SMILES string of the molecule is CN1CCC[C@H]1COc1nn2c(Cc3cccc4c3CCO4)cnc2c(=O)[nH]1. The van der Waals surface area contributed by atoms with Gasteiger partial charge < -0.3 is 14.4 Å². The van der Waals surface area contributed by atoms with Crippen molar-refractivity contribution in [2.45, 2.75) is 31.7 Å². The van der Waals surface area contributed by atoms with E-state index in [1.54, 1.807) is 10.7 Å². The molecule has 1 fully saturated rings. The van der Waals surface area contributed by atoms with Crippen LogP contribution in [0.5, 0.6) is 11.8 Å². The van der Waals surface area contributed by atoms with E-state index >= 15 is 0 Å². The summed E-state index contributed by atoms with van der Waals surface area (Å²) < 4.78 is 13.1. The van der Waals surface area contributed by atoms with Gasteiger partial charge in [-0.2, -0.15) is 0 Å². The third kappa shape index (κ3) is 3.03. The number of likely N-dealkylation sites (N-methyl/N-ethyl adjacent to an activating group) is 1. The lowest BCUT2D eigenvalue weighted by molar-refractivity contribution is 0.185. The molecule has 1 aromatic carbocycles. The molecular weight excluding hydrogens is 358 g/mol. The average molecular weight is 381 g/mol. The van der Waals surface area contributed by atoms with Gasteiger partial charge in [-0.25, -0.2) is 9.50 Å². The fraction of sp³-hybridized carbons (Fsp3) is 0.450. The number of H-pyrrole nitrogens is 1. The number of likely N-dealkylation sites (tertiary alicyclic amines) is 1. The van der Waals surface area contributed by atoms with Gasteiger partial charge in [0.25, 0.3) is 5.56 Å². The van der Waals surface area contributed by atoms with Crippen LogP contribution in [-0.4, -0.2) is 57.3 Å². The smallest absolute Gasteiger partial charge is 0.314 e. The van der Waals surface area contributed by atoms with Crippen LogP contribution in [0.3, 0.4) is 0 Å². The molecule has 2 aliphatic rings. The Kier molecular flexibility index (Phi) is 4.27. The maximum Gasteiger partial charge on any atom is 0.314 e. The normalized spacial score (nSPS) is 19.1. The number of nitrogens with zero attached hydrogens (tertiary/aromatic N) is 4. The summed E-state index contributed by atoms with van der Waals surface area (Å²) in [7, 11) is 2.09. The highest BCUT2D eigenvalue weighted by Gasteiger charge is 2.22. The molecule has 0 unspecified atom stereocenters. The van der Waals surface area contributed by atoms with Crippen molar-refractivity contribution in [3.63, 3.8) is 0 Å². The van der Waals surface area contributed by atoms with Crippen molar-refractivity contribution in [3.05, 3.63) is 51.6 Å². The van der Waals surface area contributed by atoms with Crippen LogP contribution in [0, 0.1) is 0 Å². The zero-order valence-corrected chi connectivity index (χ0v) is 15.9. The summed E-state index contributed by atoms with van der Waals surface area (Å²) in [6.45, 7) is 2.30. The van der Waals surface area contributed by atoms with E-state index < -0.39 is 0 Å². The molecule has 1 N–H and O–H groups in total. The van der Waals surface area contributed by atoms with E-state index in [0.29, 0.717) is 25.7 Å². The number of aromatic nitrogens is 4. The molecule has 1 saturated heterocycles. The van der Waals surface area contributed by atoms with Crippen LogP contribution in [0.2, 0.25) is 0 Å². The predicted molar refractivity (Wildman–Crippen MR) is 103 cm³/mol. The average Bonchev–Trinajstić information content (AvgIpc) is 3.41. The first-order valence-electron chi connectivity index (χ1n) is 9.72. The Bertz CT molecular complexity index is 1070. The Morgan fingerprint density at radius 3 is 3.18 bits per heavy atom. The molecule has 2 aliphatic heterocycles. The van der Waals surface area contributed by atoms with Crippen LogP contribution in [-0.2, 0) is 12.8 Å². The summed E-state index contributed by atoms with van der Waals surface area (Å²) in [5, 5.41) is 4.50. The minimum absolute atomic E-state index is 0.235. The standard InChI is InChI=1S/C20H23N5O3/c1-24-8-3-5-14(24)12-28-20-22-19(26)18-21-11-15(25(18)23-20)10-13-4-2-6-17-16(13)7-9-27-17/h2,4,6,11,14H,3,5,7-10,12H2,1H3,(H,22,23,26)/t14-/m0/s1. The molecule has 0 bridgehead atoms. The lowest BCUT2D eigenvalue weighted by atomic mass is 10.0. The summed E-state index contributed by atoms with van der Waals surface area (Å²) in [4.78, 5) is 21.7. The molecule has 8 nitrogen and oxygen atoms in total. The second-order valence-electron chi connectivity index (χ2n) is 7.50. The molecule has 0 amide bonds. The molecule has 146 valence electrons. The fourth-order valence-corrected chi connectivity index (χ4v) is 4.12. The number of benzene rings is 1. The third-order valence-electron chi connectivity index (χ3n) is 5.72. The highest BCUT2D eigenvalue weighted by atomic mass is 16.5. The molecule has 1 atom stereocenters. The monoisotopic (exact) mass is 381 g/mol. The van der Waals surface area contributed by atoms with Gasteiger partial charge in [0.15, 0.2) is 0 Å². The lowest BCUT2D eigenvalue weighted by Crippen LogP contribution is -2.31. The zero-order chi connectivity index (χ0) is 19.1. The van der Waals surface area contributed by atoms with Gasteiger partial charge in [0.05, 0.1) is 18.5 Å². The van der Waals surface area contributed by atoms with Crippen molar-refractivity contribution in [1.29, 1.82) is 0 Å². The van der Waals surface area contributed by atoms with Crippen molar-refractivity contribution in [2.24, 2.45) is 0 Å². The van der Waals surface area contributed by atoms with Gasteiger partial charge in [0, 0.05) is 24.4 Å². The number of imidazole rings is 1. The summed E-state index contributed by atoms with van der Waals surface area (Å²) in [6.07, 6.45) is 5.51. The highest BCUT2D eigenvalue weighted by molar-refractivity contribution is 5.45. The molecule has 4 heterocycles. The first-order chi connectivity index (χ1) is 13.7. The molecule has 0 aliphatic carbocycles. The third-order valence-corrected chi connectivity index (χ3v) is 5.72. The van der Waals surface area contributed by atoms with Crippen LogP contribution in [0.1, 0.15) is 29.7 Å². The quantitative estimate of drug-likeness (QED) is 0.720. The number of hydrogen-bond acceptors (Lipinski definition) is 6. The highest BCUT2D eigenvalue weighted by Crippen LogP contribution is 2.29. The molecule has 28 heavy (non-hydrogen) atoms. The topological polar surface area (TPSA) is 84.8 Å². The summed E-state index contributed by atoms with van der Waals surface area (Å²) >= 11 is 0. The van der Waals surface area contributed by atoms with Crippen LogP contribution in [0.15, 0.2) is 29.2 Å². The zero-order valence-electron chi connectivity index (χ0n) is 15.9. The van der Waals surface area contributed by atoms with Gasteiger partial charge in [-0.05, 0) is 38.1 Å². The van der Waals surface area contributed by atoms with Crippen molar-refractivity contribution in [2.75, 3.05) is 26.8 Å². The Morgan fingerprint density at radius 1 is 1.39 bits per heavy atom. The summed E-state index contributed by atoms with van der Waals surface area (Å²) in [5.74, 6) is 0.946. The maximum atomic E-state index is 12.4. The van der Waals surface area contributed by atoms with Gasteiger partial charge in [-0.3, -0.25) is 9.78 Å². The predicted octanol–water partition coefficient (Wildman–Crippen LogP) is 1.42. The number of rotatable bonds is 5. The van der Waals surface area contributed by atoms with Crippen molar-refractivity contribution in [3.8, 4) is 11.8 Å². The number of nitrogens with one attached hydrogen (secondary N) is 1. The van der Waals surface area contributed by atoms with E-state index in [1.165, 1.54) is 17.5 Å². The second kappa shape index (κ2) is 6.94. The van der Waals surface area contributed by atoms with Crippen LogP contribution in [0.4, 0.5) is 0 Å². The van der Waals surface area contributed by atoms with E-state index in [-0.39, 0.29) is 17.2 Å². The van der Waals surface area contributed by atoms with Crippen molar-refractivity contribution < 1.29 is 9.47 Å². The molecule has 0 spiro atoms. The van der Waals surface area contributed by atoms with Crippen molar-refractivity contribution in [1.82, 2.24) is 24.5 Å². The van der Waals surface area contributed by atoms with E-state index in [0.717, 1.165) is 30.8 Å². The van der Waals surface area contributed by atoms with E-state index in [9.17, 15) is 4.79 Å². The van der Waals surface area contributed by atoms with Gasteiger partial charge in [0.1, 0.15) is 12.4 Å². The Balaban J connectivity index is 1.43. The van der Waals surface area contributed by atoms with E-state index in [4.69, 9.17) is 9.47 Å². The van der Waals surface area contributed by atoms with E-state index in [2.05, 4.69) is 33.1 Å². The number of aromatic amines is 1. The first kappa shape index (κ1) is 17.2. The van der Waals surface area contributed by atoms with Crippen molar-refractivity contribution >= 4 is 5.65 Å². The van der Waals surface area contributed by atoms with Gasteiger partial charge >= 0.3 is 6.01 Å². The van der Waals surface area contributed by atoms with Gasteiger partial charge in [0.2, 0.25) is 5.65 Å². The van der Waals surface area contributed by atoms with Crippen LogP contribution in [0.25, 0.3) is 5.65 Å². The Labute approximate surface area is 162 Å². The minimum Gasteiger partial charge on any atom is -0.493 e. The van der Waals surface area contributed by atoms with Crippen LogP contribution < -0.4 is 15.0 Å². The largest absolute Gasteiger partial charge is 0.493 e. The first-order valence-corrected chi connectivity index (χ1v) is 9.72. The molecule has 3 aromatic rings. The minimum atomic E-state index is -0.294. The van der Waals surface area contributed by atoms with Gasteiger partial charge in [-0.15, -0.1) is 5.10 Å². The summed E-state index contributed by atoms with van der Waals surface area (Å²) in [5.41, 5.74) is 3.24. The van der Waals surface area contributed by atoms with Crippen LogP contribution >= 0.6 is 0 Å². The fourth-order valence-electron chi connectivity index (χ4n) is 4.12. The molecule has 0 saturated carbocycles. The lowest BCUT2D eigenvalue weighted by Gasteiger charge is -2.18. The van der Waals surface area contributed by atoms with E-state index in [1.807, 2.05) is 12.1 Å². The van der Waals surface area contributed by atoms with Gasteiger partial charge in [-0.1, -0.05) is 12.1 Å². The molecule has 5 rings (SSSR count). The molecule has 2 aromatic heterocycles. The second-order valence-corrected chi connectivity index (χ2v) is 7.50. The number of ether oxygens (including phenoxy) is 2. The molecule has 8 heteroatoms. The number of hydrogen-bond donors (Lipinski definition) is 1.